The van der Waals surface area contributed by atoms with E-state index in [9.17, 15) is 10.1 Å². The van der Waals surface area contributed by atoms with E-state index >= 15 is 0 Å². The smallest absolute Gasteiger partial charge is 0.411 e. The van der Waals surface area contributed by atoms with Crippen molar-refractivity contribution in [2.45, 2.75) is 18.9 Å². The molecular formula is C23H27N9O2. The Morgan fingerprint density at radius 1 is 1.18 bits per heavy atom. The molecule has 0 atom stereocenters. The number of amides is 1. The van der Waals surface area contributed by atoms with Crippen LogP contribution in [0.1, 0.15) is 18.5 Å². The lowest BCUT2D eigenvalue weighted by atomic mass is 10.2. The van der Waals surface area contributed by atoms with E-state index in [0.717, 1.165) is 56.1 Å². The first-order valence-electron chi connectivity index (χ1n) is 11.3. The number of nitrogens with zero attached hydrogens (tertiary/aromatic N) is 6. The van der Waals surface area contributed by atoms with Gasteiger partial charge in [-0.3, -0.25) is 5.32 Å². The minimum Gasteiger partial charge on any atom is -0.453 e. The van der Waals surface area contributed by atoms with Gasteiger partial charge in [0.1, 0.15) is 6.07 Å². The molecule has 1 aliphatic heterocycles. The van der Waals surface area contributed by atoms with Gasteiger partial charge >= 0.3 is 6.09 Å². The fraction of sp³-hybridized carbons (Fsp3) is 0.391. The van der Waals surface area contributed by atoms with Crippen molar-refractivity contribution < 1.29 is 9.53 Å². The van der Waals surface area contributed by atoms with Crippen molar-refractivity contribution in [2.24, 2.45) is 0 Å². The lowest BCUT2D eigenvalue weighted by Gasteiger charge is -2.35. The highest BCUT2D eigenvalue weighted by Crippen LogP contribution is 2.34. The number of aromatic nitrogens is 3. The lowest BCUT2D eigenvalue weighted by molar-refractivity contribution is 0.187. The van der Waals surface area contributed by atoms with Gasteiger partial charge in [-0.1, -0.05) is 0 Å². The predicted molar refractivity (Wildman–Crippen MR) is 130 cm³/mol. The van der Waals surface area contributed by atoms with Gasteiger partial charge in [0.2, 0.25) is 0 Å². The van der Waals surface area contributed by atoms with Crippen molar-refractivity contribution in [1.82, 2.24) is 19.5 Å². The molecule has 0 spiro atoms. The number of hydrogen-bond acceptors (Lipinski definition) is 9. The van der Waals surface area contributed by atoms with Crippen molar-refractivity contribution in [3.05, 3.63) is 36.2 Å². The molecule has 1 saturated heterocycles. The highest BCUT2D eigenvalue weighted by molar-refractivity contribution is 5.88. The maximum Gasteiger partial charge on any atom is 0.411 e. The van der Waals surface area contributed by atoms with Crippen LogP contribution in [0.25, 0.3) is 5.65 Å². The summed E-state index contributed by atoms with van der Waals surface area (Å²) in [6.07, 6.45) is 3.21. The quantitative estimate of drug-likeness (QED) is 0.508. The Balaban J connectivity index is 1.53. The Kier molecular flexibility index (Phi) is 5.81. The van der Waals surface area contributed by atoms with Crippen molar-refractivity contribution in [2.75, 3.05) is 61.2 Å². The normalized spacial score (nSPS) is 16.2. The van der Waals surface area contributed by atoms with Crippen LogP contribution in [0.5, 0.6) is 0 Å². The average Bonchev–Trinajstić information content (AvgIpc) is 3.56. The Bertz CT molecular complexity index is 1250. The van der Waals surface area contributed by atoms with E-state index < -0.39 is 6.09 Å². The van der Waals surface area contributed by atoms with Crippen molar-refractivity contribution in [1.29, 1.82) is 5.26 Å². The number of carbonyl (C=O) groups excluding carboxylic acids is 1. The lowest BCUT2D eigenvalue weighted by Crippen LogP contribution is -2.44. The van der Waals surface area contributed by atoms with Gasteiger partial charge in [0, 0.05) is 44.0 Å². The summed E-state index contributed by atoms with van der Waals surface area (Å²) in [5.41, 5.74) is 4.21. The molecule has 11 heteroatoms. The van der Waals surface area contributed by atoms with Gasteiger partial charge in [0.15, 0.2) is 17.2 Å². The van der Waals surface area contributed by atoms with Crippen LogP contribution < -0.4 is 20.9 Å². The fourth-order valence-corrected chi connectivity index (χ4v) is 4.00. The van der Waals surface area contributed by atoms with E-state index in [-0.39, 0.29) is 0 Å². The molecular weight excluding hydrogens is 434 g/mol. The number of hydrogen-bond donors (Lipinski definition) is 3. The molecule has 3 heterocycles. The van der Waals surface area contributed by atoms with Gasteiger partial charge in [-0.25, -0.2) is 9.78 Å². The number of ether oxygens (including phenoxy) is 1. The summed E-state index contributed by atoms with van der Waals surface area (Å²) in [5.74, 6) is 0.566. The standard InChI is InChI=1S/C23H27N9O2/c1-30-7-9-31(10-8-30)20-6-5-16(27-23(33)34-2)11-18(20)28-21-12-19(26-15-3-4-15)22-25-14-17(13-24)32(22)29-21/h5-6,11-12,14-15,26H,3-4,7-10H2,1-2H3,(H,27,33)(H,28,29). The number of anilines is 5. The third-order valence-corrected chi connectivity index (χ3v) is 6.05. The largest absolute Gasteiger partial charge is 0.453 e. The predicted octanol–water partition coefficient (Wildman–Crippen LogP) is 2.85. The molecule has 34 heavy (non-hydrogen) atoms. The van der Waals surface area contributed by atoms with Gasteiger partial charge in [-0.05, 0) is 38.1 Å². The van der Waals surface area contributed by atoms with Crippen LogP contribution in [0.2, 0.25) is 0 Å². The van der Waals surface area contributed by atoms with Crippen LogP contribution in [0.15, 0.2) is 30.5 Å². The summed E-state index contributed by atoms with van der Waals surface area (Å²) in [4.78, 5) is 20.8. The molecule has 1 aromatic carbocycles. The van der Waals surface area contributed by atoms with E-state index in [1.165, 1.54) is 13.3 Å². The number of benzene rings is 1. The molecule has 176 valence electrons. The van der Waals surface area contributed by atoms with Gasteiger partial charge in [0.25, 0.3) is 0 Å². The number of carbonyl (C=O) groups is 1. The molecule has 0 unspecified atom stereocenters. The number of imidazole rings is 1. The van der Waals surface area contributed by atoms with E-state index in [4.69, 9.17) is 4.74 Å². The maximum absolute atomic E-state index is 11.8. The highest BCUT2D eigenvalue weighted by Gasteiger charge is 2.24. The fourth-order valence-electron chi connectivity index (χ4n) is 4.00. The molecule has 1 saturated carbocycles. The van der Waals surface area contributed by atoms with Gasteiger partial charge in [0.05, 0.1) is 30.4 Å². The first-order valence-corrected chi connectivity index (χ1v) is 11.3. The maximum atomic E-state index is 11.8. The topological polar surface area (TPSA) is 123 Å². The Morgan fingerprint density at radius 2 is 1.97 bits per heavy atom. The number of methoxy groups -OCH3 is 1. The number of fused-ring (bicyclic) bond motifs is 1. The van der Waals surface area contributed by atoms with Crippen LogP contribution in [0.4, 0.5) is 33.4 Å². The second kappa shape index (κ2) is 9.07. The number of nitriles is 1. The third-order valence-electron chi connectivity index (χ3n) is 6.05. The van der Waals surface area contributed by atoms with Crippen molar-refractivity contribution in [3.8, 4) is 6.07 Å². The van der Waals surface area contributed by atoms with E-state index in [1.54, 1.807) is 4.52 Å². The second-order valence-electron chi connectivity index (χ2n) is 8.62. The monoisotopic (exact) mass is 461 g/mol. The summed E-state index contributed by atoms with van der Waals surface area (Å²) in [6, 6.07) is 10.2. The van der Waals surface area contributed by atoms with Crippen LogP contribution in [-0.2, 0) is 4.74 Å². The van der Waals surface area contributed by atoms with Crippen LogP contribution in [0, 0.1) is 11.3 Å². The first kappa shape index (κ1) is 21.8. The molecule has 2 aromatic heterocycles. The molecule has 11 nitrogen and oxygen atoms in total. The molecule has 0 bridgehead atoms. The van der Waals surface area contributed by atoms with E-state index in [0.29, 0.717) is 28.9 Å². The molecule has 1 amide bonds. The molecule has 5 rings (SSSR count). The molecule has 3 aromatic rings. The molecule has 2 aliphatic rings. The third kappa shape index (κ3) is 4.53. The van der Waals surface area contributed by atoms with Gasteiger partial charge < -0.3 is 25.2 Å². The molecule has 1 aliphatic carbocycles. The number of nitrogens with one attached hydrogen (secondary N) is 3. The van der Waals surface area contributed by atoms with Crippen molar-refractivity contribution >= 4 is 40.3 Å². The van der Waals surface area contributed by atoms with E-state index in [1.807, 2.05) is 24.3 Å². The Labute approximate surface area is 197 Å². The highest BCUT2D eigenvalue weighted by atomic mass is 16.5. The zero-order valence-electron chi connectivity index (χ0n) is 19.2. The first-order chi connectivity index (χ1) is 16.5. The van der Waals surface area contributed by atoms with Crippen molar-refractivity contribution in [3.63, 3.8) is 0 Å². The summed E-state index contributed by atoms with van der Waals surface area (Å²) >= 11 is 0. The average molecular weight is 462 g/mol. The number of rotatable bonds is 6. The summed E-state index contributed by atoms with van der Waals surface area (Å²) in [6.45, 7) is 3.69. The molecule has 3 N–H and O–H groups in total. The van der Waals surface area contributed by atoms with Crippen LogP contribution in [-0.4, -0.2) is 72.0 Å². The van der Waals surface area contributed by atoms with E-state index in [2.05, 4.69) is 48.9 Å². The Hall–Kier alpha value is -4.04. The summed E-state index contributed by atoms with van der Waals surface area (Å²) in [5, 5.41) is 23.8. The van der Waals surface area contributed by atoms with Gasteiger partial charge in [-0.2, -0.15) is 9.78 Å². The number of likely N-dealkylation sites (N-methyl/N-ethyl adjacent to an activating group) is 1. The second-order valence-corrected chi connectivity index (χ2v) is 8.62. The summed E-state index contributed by atoms with van der Waals surface area (Å²) < 4.78 is 6.30. The molecule has 0 radical (unpaired) electrons. The van der Waals surface area contributed by atoms with Gasteiger partial charge in [-0.15, -0.1) is 5.10 Å². The Morgan fingerprint density at radius 3 is 2.68 bits per heavy atom. The zero-order chi connectivity index (χ0) is 23.7. The zero-order valence-corrected chi connectivity index (χ0v) is 19.2. The summed E-state index contributed by atoms with van der Waals surface area (Å²) in [7, 11) is 3.45. The number of piperazine rings is 1. The molecule has 2 fully saturated rings. The SMILES string of the molecule is COC(=O)Nc1ccc(N2CCN(C)CC2)c(Nc2cc(NC3CC3)c3ncc(C#N)n3n2)c1. The minimum atomic E-state index is -0.536. The van der Waals surface area contributed by atoms with Crippen LogP contribution in [0.3, 0.4) is 0 Å². The minimum absolute atomic E-state index is 0.359. The van der Waals surface area contributed by atoms with Crippen LogP contribution >= 0.6 is 0 Å².